The molecule has 0 amide bonds. The van der Waals surface area contributed by atoms with Gasteiger partial charge in [-0.05, 0) is 32.1 Å². The minimum absolute atomic E-state index is 0.0456. The first kappa shape index (κ1) is 27.0. The molecular formula is C26H48O4. The van der Waals surface area contributed by atoms with Gasteiger partial charge in [-0.3, -0.25) is 9.59 Å². The lowest BCUT2D eigenvalue weighted by Crippen LogP contribution is -2.27. The molecule has 0 bridgehead atoms. The summed E-state index contributed by atoms with van der Waals surface area (Å²) in [7, 11) is 0. The molecule has 1 saturated carbocycles. The predicted molar refractivity (Wildman–Crippen MR) is 123 cm³/mol. The second-order valence-electron chi connectivity index (χ2n) is 9.64. The number of esters is 2. The fraction of sp³-hybridized carbons (Fsp3) is 0.923. The van der Waals surface area contributed by atoms with E-state index in [-0.39, 0.29) is 17.4 Å². The Kier molecular flexibility index (Phi) is 15.8. The Bertz CT molecular complexity index is 440. The van der Waals surface area contributed by atoms with Crippen molar-refractivity contribution >= 4 is 11.9 Å². The molecule has 0 aromatic carbocycles. The highest BCUT2D eigenvalue weighted by Crippen LogP contribution is 2.35. The third-order valence-electron chi connectivity index (χ3n) is 6.42. The maximum atomic E-state index is 11.9. The topological polar surface area (TPSA) is 52.6 Å². The molecule has 4 heteroatoms. The molecule has 1 aliphatic rings. The van der Waals surface area contributed by atoms with Crippen LogP contribution in [0.15, 0.2) is 0 Å². The second-order valence-corrected chi connectivity index (χ2v) is 9.64. The van der Waals surface area contributed by atoms with Crippen molar-refractivity contribution in [1.29, 1.82) is 0 Å². The molecule has 0 aromatic heterocycles. The molecule has 4 nitrogen and oxygen atoms in total. The van der Waals surface area contributed by atoms with Gasteiger partial charge in [0.15, 0.2) is 0 Å². The zero-order valence-corrected chi connectivity index (χ0v) is 20.0. The summed E-state index contributed by atoms with van der Waals surface area (Å²) >= 11 is 0. The summed E-state index contributed by atoms with van der Waals surface area (Å²) < 4.78 is 10.8. The van der Waals surface area contributed by atoms with Crippen LogP contribution in [-0.4, -0.2) is 25.2 Å². The van der Waals surface area contributed by atoms with E-state index in [0.717, 1.165) is 38.5 Å². The van der Waals surface area contributed by atoms with Gasteiger partial charge in [-0.25, -0.2) is 0 Å². The average molecular weight is 425 g/mol. The third-order valence-corrected chi connectivity index (χ3v) is 6.42. The number of carbonyl (C=O) groups is 2. The Hall–Kier alpha value is -1.06. The van der Waals surface area contributed by atoms with Crippen LogP contribution >= 0.6 is 0 Å². The first-order valence-electron chi connectivity index (χ1n) is 12.9. The summed E-state index contributed by atoms with van der Waals surface area (Å²) in [5.74, 6) is -0.100. The Morgan fingerprint density at radius 1 is 0.667 bits per heavy atom. The van der Waals surface area contributed by atoms with Crippen LogP contribution in [-0.2, 0) is 19.1 Å². The largest absolute Gasteiger partial charge is 0.466 e. The molecule has 0 unspecified atom stereocenters. The lowest BCUT2D eigenvalue weighted by Gasteiger charge is -2.32. The molecule has 0 atom stereocenters. The highest BCUT2D eigenvalue weighted by atomic mass is 16.5. The molecule has 0 radical (unpaired) electrons. The molecule has 0 saturated heterocycles. The molecule has 30 heavy (non-hydrogen) atoms. The summed E-state index contributed by atoms with van der Waals surface area (Å²) in [4.78, 5) is 23.7. The molecule has 1 aliphatic carbocycles. The summed E-state index contributed by atoms with van der Waals surface area (Å²) in [6, 6.07) is 0. The lowest BCUT2D eigenvalue weighted by atomic mass is 9.76. The van der Waals surface area contributed by atoms with E-state index >= 15 is 0 Å². The maximum Gasteiger partial charge on any atom is 0.305 e. The first-order chi connectivity index (χ1) is 14.6. The van der Waals surface area contributed by atoms with Crippen molar-refractivity contribution in [2.75, 3.05) is 13.2 Å². The average Bonchev–Trinajstić information content (AvgIpc) is 2.74. The SMILES string of the molecule is CCCCCCCCCOC(=O)CCCCCCCC(=O)OCC1(C)CCCCC1. The van der Waals surface area contributed by atoms with Gasteiger partial charge < -0.3 is 9.47 Å². The predicted octanol–water partition coefficient (Wildman–Crippen LogP) is 7.52. The number of unbranched alkanes of at least 4 members (excludes halogenated alkanes) is 10. The zero-order valence-electron chi connectivity index (χ0n) is 20.0. The Morgan fingerprint density at radius 2 is 1.17 bits per heavy atom. The van der Waals surface area contributed by atoms with Crippen molar-refractivity contribution in [3.05, 3.63) is 0 Å². The molecule has 0 N–H and O–H groups in total. The van der Waals surface area contributed by atoms with E-state index in [2.05, 4.69) is 13.8 Å². The van der Waals surface area contributed by atoms with Crippen molar-refractivity contribution in [3.63, 3.8) is 0 Å². The van der Waals surface area contributed by atoms with E-state index in [1.165, 1.54) is 70.6 Å². The summed E-state index contributed by atoms with van der Waals surface area (Å²) in [6.45, 7) is 5.65. The van der Waals surface area contributed by atoms with Crippen LogP contribution in [0.2, 0.25) is 0 Å². The minimum atomic E-state index is -0.0548. The summed E-state index contributed by atoms with van der Waals surface area (Å²) in [5, 5.41) is 0. The van der Waals surface area contributed by atoms with Gasteiger partial charge in [0.05, 0.1) is 13.2 Å². The number of carbonyl (C=O) groups excluding carboxylic acids is 2. The van der Waals surface area contributed by atoms with Crippen molar-refractivity contribution in [3.8, 4) is 0 Å². The summed E-state index contributed by atoms with van der Waals surface area (Å²) in [6.07, 6.45) is 20.8. The van der Waals surface area contributed by atoms with Gasteiger partial charge in [-0.1, -0.05) is 90.9 Å². The Balaban J connectivity index is 1.85. The van der Waals surface area contributed by atoms with Gasteiger partial charge in [-0.15, -0.1) is 0 Å². The molecule has 1 fully saturated rings. The van der Waals surface area contributed by atoms with E-state index in [4.69, 9.17) is 9.47 Å². The molecule has 0 aromatic rings. The lowest BCUT2D eigenvalue weighted by molar-refractivity contribution is -0.148. The minimum Gasteiger partial charge on any atom is -0.466 e. The van der Waals surface area contributed by atoms with E-state index in [9.17, 15) is 9.59 Å². The molecule has 1 rings (SSSR count). The third kappa shape index (κ3) is 14.8. The molecule has 0 heterocycles. The van der Waals surface area contributed by atoms with Crippen LogP contribution in [0.25, 0.3) is 0 Å². The Morgan fingerprint density at radius 3 is 1.77 bits per heavy atom. The van der Waals surface area contributed by atoms with Gasteiger partial charge in [0.25, 0.3) is 0 Å². The molecule has 0 aliphatic heterocycles. The zero-order chi connectivity index (χ0) is 21.9. The quantitative estimate of drug-likeness (QED) is 0.169. The maximum absolute atomic E-state index is 11.9. The summed E-state index contributed by atoms with van der Waals surface area (Å²) in [5.41, 5.74) is 0.206. The molecule has 0 spiro atoms. The van der Waals surface area contributed by atoms with Crippen LogP contribution in [0, 0.1) is 5.41 Å². The monoisotopic (exact) mass is 424 g/mol. The van der Waals surface area contributed by atoms with Crippen molar-refractivity contribution in [2.24, 2.45) is 5.41 Å². The van der Waals surface area contributed by atoms with Gasteiger partial charge in [0.2, 0.25) is 0 Å². The van der Waals surface area contributed by atoms with E-state index in [1.807, 2.05) is 0 Å². The fourth-order valence-electron chi connectivity index (χ4n) is 4.26. The first-order valence-corrected chi connectivity index (χ1v) is 12.9. The van der Waals surface area contributed by atoms with E-state index in [0.29, 0.717) is 26.1 Å². The van der Waals surface area contributed by atoms with Crippen molar-refractivity contribution < 1.29 is 19.1 Å². The molecule has 176 valence electrons. The van der Waals surface area contributed by atoms with Crippen LogP contribution in [0.5, 0.6) is 0 Å². The highest BCUT2D eigenvalue weighted by Gasteiger charge is 2.28. The van der Waals surface area contributed by atoms with Crippen LogP contribution < -0.4 is 0 Å². The molecular weight excluding hydrogens is 376 g/mol. The van der Waals surface area contributed by atoms with Crippen LogP contribution in [0.3, 0.4) is 0 Å². The fourth-order valence-corrected chi connectivity index (χ4v) is 4.26. The van der Waals surface area contributed by atoms with Gasteiger partial charge >= 0.3 is 11.9 Å². The van der Waals surface area contributed by atoms with E-state index < -0.39 is 0 Å². The van der Waals surface area contributed by atoms with Gasteiger partial charge in [0.1, 0.15) is 0 Å². The van der Waals surface area contributed by atoms with Gasteiger partial charge in [0, 0.05) is 18.3 Å². The van der Waals surface area contributed by atoms with Crippen LogP contribution in [0.4, 0.5) is 0 Å². The number of rotatable bonds is 18. The normalized spacial score (nSPS) is 15.7. The smallest absolute Gasteiger partial charge is 0.305 e. The van der Waals surface area contributed by atoms with E-state index in [1.54, 1.807) is 0 Å². The Labute approximate surface area is 185 Å². The highest BCUT2D eigenvalue weighted by molar-refractivity contribution is 5.69. The second kappa shape index (κ2) is 17.6. The van der Waals surface area contributed by atoms with Crippen molar-refractivity contribution in [1.82, 2.24) is 0 Å². The van der Waals surface area contributed by atoms with Crippen LogP contribution in [0.1, 0.15) is 136 Å². The van der Waals surface area contributed by atoms with Crippen molar-refractivity contribution in [2.45, 2.75) is 136 Å². The number of hydrogen-bond donors (Lipinski definition) is 0. The van der Waals surface area contributed by atoms with Gasteiger partial charge in [-0.2, -0.15) is 0 Å². The standard InChI is InChI=1S/C26H48O4/c1-3-4-5-6-7-11-17-22-29-24(27)18-13-9-8-10-14-19-25(28)30-23-26(2)20-15-12-16-21-26/h3-23H2,1-2H3. The number of ether oxygens (including phenoxy) is 2. The number of hydrogen-bond acceptors (Lipinski definition) is 4.